The predicted molar refractivity (Wildman–Crippen MR) is 81.4 cm³/mol. The molecule has 3 unspecified atom stereocenters. The Balaban J connectivity index is 1.58. The lowest BCUT2D eigenvalue weighted by molar-refractivity contribution is 0.180. The van der Waals surface area contributed by atoms with E-state index >= 15 is 0 Å². The van der Waals surface area contributed by atoms with Crippen LogP contribution in [0.5, 0.6) is 0 Å². The number of piperidine rings is 1. The molecule has 1 aliphatic heterocycles. The SMILES string of the molecule is Cn1ccnc1CNC1CCCCC1C1CCCCN1. The molecule has 112 valence electrons. The molecule has 2 heterocycles. The third kappa shape index (κ3) is 3.23. The summed E-state index contributed by atoms with van der Waals surface area (Å²) < 4.78 is 2.11. The fourth-order valence-corrected chi connectivity index (χ4v) is 3.93. The molecule has 3 rings (SSSR count). The smallest absolute Gasteiger partial charge is 0.122 e. The first kappa shape index (κ1) is 14.1. The Hall–Kier alpha value is -0.870. The molecule has 0 spiro atoms. The lowest BCUT2D eigenvalue weighted by Gasteiger charge is -2.40. The summed E-state index contributed by atoms with van der Waals surface area (Å²) in [4.78, 5) is 4.42. The largest absolute Gasteiger partial charge is 0.337 e. The van der Waals surface area contributed by atoms with Crippen LogP contribution in [0.3, 0.4) is 0 Å². The Morgan fingerprint density at radius 3 is 2.85 bits per heavy atom. The normalized spacial score (nSPS) is 31.4. The molecule has 0 amide bonds. The first-order valence-corrected chi connectivity index (χ1v) is 8.27. The third-order valence-electron chi connectivity index (χ3n) is 5.13. The van der Waals surface area contributed by atoms with Crippen LogP contribution in [0.15, 0.2) is 12.4 Å². The van der Waals surface area contributed by atoms with Gasteiger partial charge in [0.05, 0.1) is 6.54 Å². The predicted octanol–water partition coefficient (Wildman–Crippen LogP) is 2.21. The van der Waals surface area contributed by atoms with Crippen molar-refractivity contribution >= 4 is 0 Å². The van der Waals surface area contributed by atoms with Gasteiger partial charge in [0.15, 0.2) is 0 Å². The Labute approximate surface area is 122 Å². The Morgan fingerprint density at radius 2 is 2.10 bits per heavy atom. The molecule has 2 N–H and O–H groups in total. The van der Waals surface area contributed by atoms with Crippen LogP contribution < -0.4 is 10.6 Å². The zero-order chi connectivity index (χ0) is 13.8. The van der Waals surface area contributed by atoms with Crippen LogP contribution in [-0.4, -0.2) is 28.2 Å². The first-order valence-electron chi connectivity index (χ1n) is 8.27. The van der Waals surface area contributed by atoms with E-state index in [1.54, 1.807) is 0 Å². The van der Waals surface area contributed by atoms with Gasteiger partial charge in [-0.2, -0.15) is 0 Å². The molecule has 0 bridgehead atoms. The molecule has 1 aliphatic carbocycles. The van der Waals surface area contributed by atoms with E-state index in [-0.39, 0.29) is 0 Å². The Kier molecular flexibility index (Phi) is 4.73. The lowest BCUT2D eigenvalue weighted by Crippen LogP contribution is -2.50. The van der Waals surface area contributed by atoms with Crippen LogP contribution >= 0.6 is 0 Å². The number of hydrogen-bond acceptors (Lipinski definition) is 3. The van der Waals surface area contributed by atoms with E-state index in [4.69, 9.17) is 0 Å². The Morgan fingerprint density at radius 1 is 1.25 bits per heavy atom. The summed E-state index contributed by atoms with van der Waals surface area (Å²) in [7, 11) is 2.07. The summed E-state index contributed by atoms with van der Waals surface area (Å²) in [6.07, 6.45) is 13.5. The minimum Gasteiger partial charge on any atom is -0.337 e. The minimum atomic E-state index is 0.663. The van der Waals surface area contributed by atoms with Crippen molar-refractivity contribution in [1.29, 1.82) is 0 Å². The van der Waals surface area contributed by atoms with Gasteiger partial charge in [-0.15, -0.1) is 0 Å². The van der Waals surface area contributed by atoms with Crippen LogP contribution in [0.2, 0.25) is 0 Å². The van der Waals surface area contributed by atoms with Gasteiger partial charge >= 0.3 is 0 Å². The van der Waals surface area contributed by atoms with E-state index < -0.39 is 0 Å². The second-order valence-corrected chi connectivity index (χ2v) is 6.45. The molecule has 0 aromatic carbocycles. The molecule has 20 heavy (non-hydrogen) atoms. The molecular weight excluding hydrogens is 248 g/mol. The van der Waals surface area contributed by atoms with Gasteiger partial charge in [0.1, 0.15) is 5.82 Å². The summed E-state index contributed by atoms with van der Waals surface area (Å²) in [6, 6.07) is 1.40. The maximum atomic E-state index is 4.42. The zero-order valence-corrected chi connectivity index (χ0v) is 12.6. The topological polar surface area (TPSA) is 41.9 Å². The van der Waals surface area contributed by atoms with Crippen LogP contribution in [-0.2, 0) is 13.6 Å². The van der Waals surface area contributed by atoms with E-state index in [0.29, 0.717) is 6.04 Å². The molecule has 1 saturated heterocycles. The molecule has 1 aromatic heterocycles. The summed E-state index contributed by atoms with van der Waals surface area (Å²) in [5.41, 5.74) is 0. The minimum absolute atomic E-state index is 0.663. The van der Waals surface area contributed by atoms with E-state index in [9.17, 15) is 0 Å². The van der Waals surface area contributed by atoms with Gasteiger partial charge in [0.2, 0.25) is 0 Å². The highest BCUT2D eigenvalue weighted by atomic mass is 15.1. The van der Waals surface area contributed by atoms with E-state index in [2.05, 4.69) is 27.2 Å². The first-order chi connectivity index (χ1) is 9.84. The molecule has 0 radical (unpaired) electrons. The fraction of sp³-hybridized carbons (Fsp3) is 0.812. The van der Waals surface area contributed by atoms with Crippen molar-refractivity contribution in [2.24, 2.45) is 13.0 Å². The van der Waals surface area contributed by atoms with Crippen molar-refractivity contribution in [3.63, 3.8) is 0 Å². The second kappa shape index (κ2) is 6.72. The van der Waals surface area contributed by atoms with Gasteiger partial charge in [-0.1, -0.05) is 19.3 Å². The highest BCUT2D eigenvalue weighted by molar-refractivity contribution is 4.94. The highest BCUT2D eigenvalue weighted by Crippen LogP contribution is 2.30. The maximum absolute atomic E-state index is 4.42. The van der Waals surface area contributed by atoms with Gasteiger partial charge in [-0.25, -0.2) is 4.98 Å². The molecule has 2 fully saturated rings. The summed E-state index contributed by atoms with van der Waals surface area (Å²) in [5.74, 6) is 1.95. The number of nitrogens with one attached hydrogen (secondary N) is 2. The molecule has 2 aliphatic rings. The Bertz CT molecular complexity index is 408. The quantitative estimate of drug-likeness (QED) is 0.886. The lowest BCUT2D eigenvalue weighted by atomic mass is 9.77. The van der Waals surface area contributed by atoms with E-state index in [1.165, 1.54) is 51.5 Å². The number of nitrogens with zero attached hydrogens (tertiary/aromatic N) is 2. The van der Waals surface area contributed by atoms with Crippen molar-refractivity contribution in [1.82, 2.24) is 20.2 Å². The van der Waals surface area contributed by atoms with Crippen molar-refractivity contribution in [2.45, 2.75) is 63.6 Å². The average molecular weight is 276 g/mol. The van der Waals surface area contributed by atoms with Gasteiger partial charge in [-0.05, 0) is 38.1 Å². The van der Waals surface area contributed by atoms with Crippen LogP contribution in [0.25, 0.3) is 0 Å². The van der Waals surface area contributed by atoms with Crippen LogP contribution in [0.4, 0.5) is 0 Å². The van der Waals surface area contributed by atoms with Gasteiger partial charge in [0, 0.05) is 31.5 Å². The number of hydrogen-bond donors (Lipinski definition) is 2. The summed E-state index contributed by atoms with van der Waals surface area (Å²) in [6.45, 7) is 2.12. The standard InChI is InChI=1S/C16H28N4/c1-20-11-10-18-16(20)12-19-15-7-3-2-6-13(15)14-8-4-5-9-17-14/h10-11,13-15,17,19H,2-9,12H2,1H3. The van der Waals surface area contributed by atoms with Crippen molar-refractivity contribution in [3.05, 3.63) is 18.2 Å². The van der Waals surface area contributed by atoms with Crippen LogP contribution in [0, 0.1) is 5.92 Å². The van der Waals surface area contributed by atoms with E-state index in [0.717, 1.165) is 24.3 Å². The number of aryl methyl sites for hydroxylation is 1. The van der Waals surface area contributed by atoms with Gasteiger partial charge < -0.3 is 15.2 Å². The molecule has 3 atom stereocenters. The molecule has 4 nitrogen and oxygen atoms in total. The van der Waals surface area contributed by atoms with E-state index in [1.807, 2.05) is 12.4 Å². The highest BCUT2D eigenvalue weighted by Gasteiger charge is 2.32. The van der Waals surface area contributed by atoms with Crippen molar-refractivity contribution in [3.8, 4) is 0 Å². The molecule has 1 saturated carbocycles. The molecular formula is C16H28N4. The number of imidazole rings is 1. The van der Waals surface area contributed by atoms with Crippen molar-refractivity contribution in [2.75, 3.05) is 6.54 Å². The third-order valence-corrected chi connectivity index (χ3v) is 5.13. The van der Waals surface area contributed by atoms with Crippen LogP contribution in [0.1, 0.15) is 50.8 Å². The van der Waals surface area contributed by atoms with Gasteiger partial charge in [0.25, 0.3) is 0 Å². The maximum Gasteiger partial charge on any atom is 0.122 e. The molecule has 4 heteroatoms. The summed E-state index contributed by atoms with van der Waals surface area (Å²) >= 11 is 0. The number of aromatic nitrogens is 2. The average Bonchev–Trinajstić information content (AvgIpc) is 2.92. The zero-order valence-electron chi connectivity index (χ0n) is 12.6. The second-order valence-electron chi connectivity index (χ2n) is 6.45. The monoisotopic (exact) mass is 276 g/mol. The van der Waals surface area contributed by atoms with Crippen molar-refractivity contribution < 1.29 is 0 Å². The fourth-order valence-electron chi connectivity index (χ4n) is 3.93. The summed E-state index contributed by atoms with van der Waals surface area (Å²) in [5, 5.41) is 7.55. The number of rotatable bonds is 4. The molecule has 1 aromatic rings. The van der Waals surface area contributed by atoms with Gasteiger partial charge in [-0.3, -0.25) is 0 Å².